The van der Waals surface area contributed by atoms with Crippen LogP contribution in [-0.2, 0) is 4.79 Å². The fourth-order valence-electron chi connectivity index (χ4n) is 1.69. The zero-order valence-corrected chi connectivity index (χ0v) is 10.9. The third kappa shape index (κ3) is 3.03. The summed E-state index contributed by atoms with van der Waals surface area (Å²) in [5.74, 6) is -1.68. The van der Waals surface area contributed by atoms with Gasteiger partial charge in [-0.15, -0.1) is 0 Å². The van der Waals surface area contributed by atoms with Crippen molar-refractivity contribution in [3.63, 3.8) is 0 Å². The Morgan fingerprint density at radius 3 is 2.65 bits per heavy atom. The Bertz CT molecular complexity index is 607. The molecule has 2 aromatic rings. The maximum absolute atomic E-state index is 11.9. The topological polar surface area (TPSA) is 92.4 Å². The van der Waals surface area contributed by atoms with Crippen molar-refractivity contribution < 1.29 is 19.2 Å². The van der Waals surface area contributed by atoms with Crippen molar-refractivity contribution in [3.05, 3.63) is 42.2 Å². The molecule has 0 radical (unpaired) electrons. The summed E-state index contributed by atoms with van der Waals surface area (Å²) in [6.45, 7) is 1.68. The Morgan fingerprint density at radius 1 is 1.35 bits per heavy atom. The summed E-state index contributed by atoms with van der Waals surface area (Å²) in [6.07, 6.45) is 0.292. The highest BCUT2D eigenvalue weighted by Crippen LogP contribution is 2.18. The molecule has 0 aliphatic carbocycles. The highest BCUT2D eigenvalue weighted by atomic mass is 16.5. The van der Waals surface area contributed by atoms with E-state index in [1.165, 1.54) is 6.07 Å². The Morgan fingerprint density at radius 2 is 2.05 bits per heavy atom. The second-order valence-electron chi connectivity index (χ2n) is 4.21. The number of carboxylic acid groups (broad SMARTS) is 1. The first-order chi connectivity index (χ1) is 9.61. The van der Waals surface area contributed by atoms with Crippen LogP contribution in [0.25, 0.3) is 11.3 Å². The molecule has 0 saturated heterocycles. The van der Waals surface area contributed by atoms with Crippen molar-refractivity contribution in [2.24, 2.45) is 0 Å². The number of hydrogen-bond acceptors (Lipinski definition) is 4. The van der Waals surface area contributed by atoms with Gasteiger partial charge < -0.3 is 14.9 Å². The highest BCUT2D eigenvalue weighted by molar-refractivity contribution is 5.94. The minimum atomic E-state index is -1.08. The lowest BCUT2D eigenvalue weighted by molar-refractivity contribution is -0.139. The second kappa shape index (κ2) is 6.01. The molecule has 0 unspecified atom stereocenters. The van der Waals surface area contributed by atoms with Gasteiger partial charge in [0.2, 0.25) is 5.76 Å². The monoisotopic (exact) mass is 274 g/mol. The number of carbonyl (C=O) groups excluding carboxylic acids is 1. The predicted octanol–water partition coefficient (Wildman–Crippen LogP) is 1.93. The average molecular weight is 274 g/mol. The Balaban J connectivity index is 2.13. The normalized spacial score (nSPS) is 11.8. The number of carboxylic acids is 1. The van der Waals surface area contributed by atoms with Gasteiger partial charge in [0.15, 0.2) is 0 Å². The van der Waals surface area contributed by atoms with Crippen LogP contribution in [0.5, 0.6) is 0 Å². The molecule has 104 valence electrons. The van der Waals surface area contributed by atoms with E-state index in [0.29, 0.717) is 12.1 Å². The van der Waals surface area contributed by atoms with Crippen molar-refractivity contribution >= 4 is 11.9 Å². The smallest absolute Gasteiger partial charge is 0.326 e. The number of amides is 1. The predicted molar refractivity (Wildman–Crippen MR) is 71.1 cm³/mol. The van der Waals surface area contributed by atoms with Gasteiger partial charge >= 0.3 is 5.97 Å². The number of nitrogens with one attached hydrogen (secondary N) is 1. The van der Waals surface area contributed by atoms with Crippen LogP contribution in [0, 0.1) is 0 Å². The van der Waals surface area contributed by atoms with Gasteiger partial charge in [0.25, 0.3) is 5.91 Å². The molecule has 2 rings (SSSR count). The molecule has 6 nitrogen and oxygen atoms in total. The maximum atomic E-state index is 11.9. The van der Waals surface area contributed by atoms with Crippen LogP contribution in [0.15, 0.2) is 40.9 Å². The molecule has 1 aromatic heterocycles. The molecule has 0 bridgehead atoms. The van der Waals surface area contributed by atoms with Gasteiger partial charge in [0.05, 0.1) is 0 Å². The average Bonchev–Trinajstić information content (AvgIpc) is 2.95. The van der Waals surface area contributed by atoms with Gasteiger partial charge in [-0.3, -0.25) is 4.79 Å². The SMILES string of the molecule is CC[C@@H](NC(=O)c1cc(-c2ccccc2)no1)C(=O)O. The Hall–Kier alpha value is -2.63. The van der Waals surface area contributed by atoms with E-state index >= 15 is 0 Å². The van der Waals surface area contributed by atoms with Crippen molar-refractivity contribution in [2.45, 2.75) is 19.4 Å². The molecule has 0 aliphatic rings. The van der Waals surface area contributed by atoms with Crippen LogP contribution in [0.2, 0.25) is 0 Å². The van der Waals surface area contributed by atoms with Crippen molar-refractivity contribution in [1.29, 1.82) is 0 Å². The molecule has 6 heteroatoms. The third-order valence-electron chi connectivity index (χ3n) is 2.82. The summed E-state index contributed by atoms with van der Waals surface area (Å²) in [5.41, 5.74) is 1.35. The molecule has 0 spiro atoms. The molecule has 1 amide bonds. The van der Waals surface area contributed by atoms with Crippen LogP contribution in [0.4, 0.5) is 0 Å². The van der Waals surface area contributed by atoms with Crippen molar-refractivity contribution in [1.82, 2.24) is 10.5 Å². The summed E-state index contributed by atoms with van der Waals surface area (Å²) in [5, 5.41) is 15.1. The van der Waals surface area contributed by atoms with Gasteiger partial charge in [0.1, 0.15) is 11.7 Å². The van der Waals surface area contributed by atoms with E-state index in [-0.39, 0.29) is 5.76 Å². The molecule has 20 heavy (non-hydrogen) atoms. The molecule has 0 aliphatic heterocycles. The standard InChI is InChI=1S/C14H14N2O4/c1-2-10(14(18)19)15-13(17)12-8-11(16-20-12)9-6-4-3-5-7-9/h3-8,10H,2H2,1H3,(H,15,17)(H,18,19)/t10-/m1/s1. The summed E-state index contributed by atoms with van der Waals surface area (Å²) >= 11 is 0. The van der Waals surface area contributed by atoms with Gasteiger partial charge in [-0.25, -0.2) is 4.79 Å². The summed E-state index contributed by atoms with van der Waals surface area (Å²) in [6, 6.07) is 9.79. The van der Waals surface area contributed by atoms with Crippen LogP contribution >= 0.6 is 0 Å². The fraction of sp³-hybridized carbons (Fsp3) is 0.214. The molecule has 1 aromatic carbocycles. The molecule has 0 fully saturated rings. The first-order valence-electron chi connectivity index (χ1n) is 6.17. The number of carbonyl (C=O) groups is 2. The van der Waals surface area contributed by atoms with Gasteiger partial charge in [0, 0.05) is 11.6 Å². The first-order valence-corrected chi connectivity index (χ1v) is 6.17. The van der Waals surface area contributed by atoms with Gasteiger partial charge in [-0.2, -0.15) is 0 Å². The lowest BCUT2D eigenvalue weighted by Crippen LogP contribution is -2.40. The van der Waals surface area contributed by atoms with Crippen LogP contribution in [0.1, 0.15) is 23.9 Å². The lowest BCUT2D eigenvalue weighted by atomic mass is 10.1. The summed E-state index contributed by atoms with van der Waals surface area (Å²) in [7, 11) is 0. The Labute approximate surface area is 115 Å². The summed E-state index contributed by atoms with van der Waals surface area (Å²) in [4.78, 5) is 22.7. The molecular formula is C14H14N2O4. The Kier molecular flexibility index (Phi) is 4.14. The molecule has 0 saturated carbocycles. The van der Waals surface area contributed by atoms with Crippen molar-refractivity contribution in [3.8, 4) is 11.3 Å². The number of nitrogens with zero attached hydrogens (tertiary/aromatic N) is 1. The van der Waals surface area contributed by atoms with Gasteiger partial charge in [-0.1, -0.05) is 42.4 Å². The number of aliphatic carboxylic acids is 1. The van der Waals surface area contributed by atoms with Crippen LogP contribution < -0.4 is 5.32 Å². The minimum absolute atomic E-state index is 0.0106. The van der Waals surface area contributed by atoms with E-state index in [2.05, 4.69) is 10.5 Å². The van der Waals surface area contributed by atoms with E-state index in [1.54, 1.807) is 6.92 Å². The zero-order valence-electron chi connectivity index (χ0n) is 10.9. The van der Waals surface area contributed by atoms with E-state index in [4.69, 9.17) is 9.63 Å². The van der Waals surface area contributed by atoms with E-state index in [9.17, 15) is 9.59 Å². The quantitative estimate of drug-likeness (QED) is 0.869. The van der Waals surface area contributed by atoms with Gasteiger partial charge in [-0.05, 0) is 6.42 Å². The molecule has 1 atom stereocenters. The first kappa shape index (κ1) is 13.8. The molecule has 1 heterocycles. The maximum Gasteiger partial charge on any atom is 0.326 e. The highest BCUT2D eigenvalue weighted by Gasteiger charge is 2.21. The number of hydrogen-bond donors (Lipinski definition) is 2. The second-order valence-corrected chi connectivity index (χ2v) is 4.21. The third-order valence-corrected chi connectivity index (χ3v) is 2.82. The largest absolute Gasteiger partial charge is 0.480 e. The van der Waals surface area contributed by atoms with Crippen molar-refractivity contribution in [2.75, 3.05) is 0 Å². The van der Waals surface area contributed by atoms with E-state index in [1.807, 2.05) is 30.3 Å². The summed E-state index contributed by atoms with van der Waals surface area (Å²) < 4.78 is 4.95. The zero-order chi connectivity index (χ0) is 14.5. The van der Waals surface area contributed by atoms with Crippen LogP contribution in [-0.4, -0.2) is 28.2 Å². The number of aromatic nitrogens is 1. The number of rotatable bonds is 5. The van der Waals surface area contributed by atoms with E-state index < -0.39 is 17.9 Å². The fourth-order valence-corrected chi connectivity index (χ4v) is 1.69. The minimum Gasteiger partial charge on any atom is -0.480 e. The lowest BCUT2D eigenvalue weighted by Gasteiger charge is -2.09. The van der Waals surface area contributed by atoms with Crippen LogP contribution in [0.3, 0.4) is 0 Å². The number of benzene rings is 1. The van der Waals surface area contributed by atoms with E-state index in [0.717, 1.165) is 5.56 Å². The molecule has 2 N–H and O–H groups in total. The molecular weight excluding hydrogens is 260 g/mol.